The van der Waals surface area contributed by atoms with Gasteiger partial charge in [0.15, 0.2) is 11.3 Å². The third-order valence-corrected chi connectivity index (χ3v) is 4.22. The number of ether oxygens (including phenoxy) is 1. The summed E-state index contributed by atoms with van der Waals surface area (Å²) in [7, 11) is 0. The van der Waals surface area contributed by atoms with Crippen LogP contribution in [0.1, 0.15) is 23.2 Å². The molecule has 0 fully saturated rings. The molecule has 8 heteroatoms. The molecule has 3 heterocycles. The van der Waals surface area contributed by atoms with E-state index in [0.717, 1.165) is 17.2 Å². The number of nitrogens with zero attached hydrogens (tertiary/aromatic N) is 5. The van der Waals surface area contributed by atoms with Crippen LogP contribution in [-0.4, -0.2) is 43.4 Å². The lowest BCUT2D eigenvalue weighted by molar-refractivity contribution is 0.0948. The second kappa shape index (κ2) is 7.91. The van der Waals surface area contributed by atoms with Crippen molar-refractivity contribution in [2.45, 2.75) is 13.3 Å². The normalized spacial score (nSPS) is 10.9. The van der Waals surface area contributed by atoms with Crippen LogP contribution in [0.5, 0.6) is 5.88 Å². The summed E-state index contributed by atoms with van der Waals surface area (Å²) >= 11 is 0. The minimum absolute atomic E-state index is 0.260. The summed E-state index contributed by atoms with van der Waals surface area (Å²) in [6, 6.07) is 16.9. The quantitative estimate of drug-likeness (QED) is 0.535. The molecule has 1 N–H and O–H groups in total. The van der Waals surface area contributed by atoms with Gasteiger partial charge in [-0.15, -0.1) is 10.2 Å². The highest BCUT2D eigenvalue weighted by Crippen LogP contribution is 2.19. The molecule has 0 aliphatic carbocycles. The predicted octanol–water partition coefficient (Wildman–Crippen LogP) is 2.29. The molecule has 0 spiro atoms. The summed E-state index contributed by atoms with van der Waals surface area (Å²) in [6.45, 7) is 2.81. The maximum atomic E-state index is 12.6. The number of para-hydroxylation sites is 1. The number of hydrogen-bond acceptors (Lipinski definition) is 5. The van der Waals surface area contributed by atoms with E-state index in [1.807, 2.05) is 66.1 Å². The van der Waals surface area contributed by atoms with Crippen LogP contribution < -0.4 is 10.1 Å². The number of pyridine rings is 1. The molecule has 4 aromatic rings. The fraction of sp³-hybridized carbons (Fsp3) is 0.200. The maximum Gasteiger partial charge on any atom is 0.271 e. The fourth-order valence-corrected chi connectivity index (χ4v) is 2.92. The first-order valence-electron chi connectivity index (χ1n) is 9.11. The maximum absolute atomic E-state index is 12.6. The fourth-order valence-electron chi connectivity index (χ4n) is 2.92. The van der Waals surface area contributed by atoms with Gasteiger partial charge < -0.3 is 10.1 Å². The van der Waals surface area contributed by atoms with Crippen molar-refractivity contribution < 1.29 is 9.53 Å². The average molecular weight is 376 g/mol. The largest absolute Gasteiger partial charge is 0.478 e. The van der Waals surface area contributed by atoms with Gasteiger partial charge in [-0.05, 0) is 31.2 Å². The molecule has 0 unspecified atom stereocenters. The molecule has 0 radical (unpaired) electrons. The SMILES string of the molecule is CCOc1cc(C(=O)NCCc2nnc3ccccn23)nn1-c1ccccc1. The molecule has 3 aromatic heterocycles. The third kappa shape index (κ3) is 3.57. The van der Waals surface area contributed by atoms with Gasteiger partial charge in [-0.25, -0.2) is 4.68 Å². The van der Waals surface area contributed by atoms with E-state index < -0.39 is 0 Å². The van der Waals surface area contributed by atoms with Crippen molar-refractivity contribution in [2.75, 3.05) is 13.2 Å². The van der Waals surface area contributed by atoms with Crippen molar-refractivity contribution in [1.29, 1.82) is 0 Å². The Morgan fingerprint density at radius 1 is 1.11 bits per heavy atom. The zero-order chi connectivity index (χ0) is 19.3. The number of hydrogen-bond donors (Lipinski definition) is 1. The molecule has 4 rings (SSSR count). The summed E-state index contributed by atoms with van der Waals surface area (Å²) in [5, 5.41) is 15.6. The van der Waals surface area contributed by atoms with Gasteiger partial charge in [0.05, 0.1) is 12.3 Å². The molecule has 0 aliphatic heterocycles. The van der Waals surface area contributed by atoms with Gasteiger partial charge in [0.25, 0.3) is 5.91 Å². The summed E-state index contributed by atoms with van der Waals surface area (Å²) in [5.74, 6) is 1.06. The van der Waals surface area contributed by atoms with Gasteiger partial charge in [0, 0.05) is 25.2 Å². The molecule has 0 bridgehead atoms. The van der Waals surface area contributed by atoms with Crippen LogP contribution in [0.4, 0.5) is 0 Å². The molecule has 8 nitrogen and oxygen atoms in total. The number of fused-ring (bicyclic) bond motifs is 1. The molecule has 0 atom stereocenters. The van der Waals surface area contributed by atoms with Gasteiger partial charge in [-0.3, -0.25) is 9.20 Å². The smallest absolute Gasteiger partial charge is 0.271 e. The second-order valence-electron chi connectivity index (χ2n) is 6.10. The Kier molecular flexibility index (Phi) is 5.01. The van der Waals surface area contributed by atoms with Crippen molar-refractivity contribution >= 4 is 11.6 Å². The molecule has 0 saturated heterocycles. The van der Waals surface area contributed by atoms with Crippen molar-refractivity contribution in [1.82, 2.24) is 29.7 Å². The van der Waals surface area contributed by atoms with Crippen molar-refractivity contribution in [3.63, 3.8) is 0 Å². The molecule has 1 amide bonds. The van der Waals surface area contributed by atoms with E-state index >= 15 is 0 Å². The van der Waals surface area contributed by atoms with E-state index in [1.165, 1.54) is 0 Å². The first-order valence-corrected chi connectivity index (χ1v) is 9.11. The molecule has 142 valence electrons. The van der Waals surface area contributed by atoms with Crippen LogP contribution in [-0.2, 0) is 6.42 Å². The Morgan fingerprint density at radius 2 is 1.93 bits per heavy atom. The first-order chi connectivity index (χ1) is 13.8. The Hall–Kier alpha value is -3.68. The van der Waals surface area contributed by atoms with Crippen LogP contribution >= 0.6 is 0 Å². The van der Waals surface area contributed by atoms with Crippen LogP contribution in [0.3, 0.4) is 0 Å². The molecule has 0 aliphatic rings. The minimum atomic E-state index is -0.260. The van der Waals surface area contributed by atoms with Gasteiger partial charge in [0.2, 0.25) is 5.88 Å². The number of carbonyl (C=O) groups is 1. The Labute approximate surface area is 161 Å². The molecule has 1 aromatic carbocycles. The Morgan fingerprint density at radius 3 is 2.75 bits per heavy atom. The lowest BCUT2D eigenvalue weighted by atomic mass is 10.3. The summed E-state index contributed by atoms with van der Waals surface area (Å²) < 4.78 is 9.17. The average Bonchev–Trinajstić information content (AvgIpc) is 3.34. The van der Waals surface area contributed by atoms with E-state index in [9.17, 15) is 4.79 Å². The lowest BCUT2D eigenvalue weighted by Gasteiger charge is -2.06. The van der Waals surface area contributed by atoms with E-state index in [2.05, 4.69) is 20.6 Å². The monoisotopic (exact) mass is 376 g/mol. The molecule has 0 saturated carbocycles. The predicted molar refractivity (Wildman–Crippen MR) is 104 cm³/mol. The van der Waals surface area contributed by atoms with Crippen molar-refractivity contribution in [3.05, 3.63) is 72.3 Å². The van der Waals surface area contributed by atoms with Crippen molar-refractivity contribution in [3.8, 4) is 11.6 Å². The third-order valence-electron chi connectivity index (χ3n) is 4.22. The molecular weight excluding hydrogens is 356 g/mol. The molecule has 28 heavy (non-hydrogen) atoms. The summed E-state index contributed by atoms with van der Waals surface area (Å²) in [4.78, 5) is 12.6. The topological polar surface area (TPSA) is 86.3 Å². The number of rotatable bonds is 7. The lowest BCUT2D eigenvalue weighted by Crippen LogP contribution is -2.26. The minimum Gasteiger partial charge on any atom is -0.478 e. The summed E-state index contributed by atoms with van der Waals surface area (Å²) in [5.41, 5.74) is 1.92. The highest BCUT2D eigenvalue weighted by Gasteiger charge is 2.16. The number of benzene rings is 1. The number of amides is 1. The first kappa shape index (κ1) is 17.7. The summed E-state index contributed by atoms with van der Waals surface area (Å²) in [6.07, 6.45) is 2.47. The highest BCUT2D eigenvalue weighted by atomic mass is 16.5. The van der Waals surface area contributed by atoms with Gasteiger partial charge >= 0.3 is 0 Å². The van der Waals surface area contributed by atoms with Crippen LogP contribution in [0.25, 0.3) is 11.3 Å². The standard InChI is InChI=1S/C20H20N6O2/c1-2-28-19-14-16(24-26(19)15-8-4-3-5-9-15)20(27)21-12-11-18-23-22-17-10-6-7-13-25(17)18/h3-10,13-14H,2,11-12H2,1H3,(H,21,27). The van der Waals surface area contributed by atoms with E-state index in [4.69, 9.17) is 4.74 Å². The zero-order valence-corrected chi connectivity index (χ0v) is 15.4. The zero-order valence-electron chi connectivity index (χ0n) is 15.4. The van der Waals surface area contributed by atoms with Gasteiger partial charge in [-0.2, -0.15) is 5.10 Å². The number of carbonyl (C=O) groups excluding carboxylic acids is 1. The molecular formula is C20H20N6O2. The van der Waals surface area contributed by atoms with E-state index in [0.29, 0.717) is 31.1 Å². The van der Waals surface area contributed by atoms with E-state index in [-0.39, 0.29) is 5.91 Å². The second-order valence-corrected chi connectivity index (χ2v) is 6.10. The van der Waals surface area contributed by atoms with Crippen LogP contribution in [0, 0.1) is 0 Å². The van der Waals surface area contributed by atoms with E-state index in [1.54, 1.807) is 10.7 Å². The van der Waals surface area contributed by atoms with Gasteiger partial charge in [0.1, 0.15) is 5.82 Å². The van der Waals surface area contributed by atoms with Gasteiger partial charge in [-0.1, -0.05) is 24.3 Å². The van der Waals surface area contributed by atoms with Crippen LogP contribution in [0.2, 0.25) is 0 Å². The Bertz CT molecular complexity index is 1090. The highest BCUT2D eigenvalue weighted by molar-refractivity contribution is 5.92. The Balaban J connectivity index is 1.46. The van der Waals surface area contributed by atoms with Crippen molar-refractivity contribution in [2.24, 2.45) is 0 Å². The number of aromatic nitrogens is 5. The number of nitrogens with one attached hydrogen (secondary N) is 1. The van der Waals surface area contributed by atoms with Crippen LogP contribution in [0.15, 0.2) is 60.8 Å².